The molecule has 0 saturated carbocycles. The van der Waals surface area contributed by atoms with Crippen LogP contribution in [-0.4, -0.2) is 59.1 Å². The number of aliphatic hydroxyl groups excluding tert-OH is 4. The summed E-state index contributed by atoms with van der Waals surface area (Å²) in [6, 6.07) is 6.62. The molecule has 106 valence electrons. The van der Waals surface area contributed by atoms with Gasteiger partial charge in [0.05, 0.1) is 20.3 Å². The first-order valence-corrected chi connectivity index (χ1v) is 5.99. The molecule has 6 heteroatoms. The SMILES string of the molecule is COc1ccc([C@@]2(CO)O[C@@H](CO)[C@@H](O)[C@@H]2O)cc1. The van der Waals surface area contributed by atoms with Crippen molar-refractivity contribution in [2.75, 3.05) is 20.3 Å². The Hall–Kier alpha value is -1.18. The van der Waals surface area contributed by atoms with Gasteiger partial charge in [0.15, 0.2) is 0 Å². The van der Waals surface area contributed by atoms with Gasteiger partial charge in [-0.15, -0.1) is 0 Å². The van der Waals surface area contributed by atoms with Crippen LogP contribution >= 0.6 is 0 Å². The molecule has 1 aromatic rings. The first-order chi connectivity index (χ1) is 9.08. The van der Waals surface area contributed by atoms with Crippen LogP contribution in [0.5, 0.6) is 5.75 Å². The van der Waals surface area contributed by atoms with Gasteiger partial charge in [0.2, 0.25) is 0 Å². The van der Waals surface area contributed by atoms with E-state index in [2.05, 4.69) is 0 Å². The van der Waals surface area contributed by atoms with Crippen LogP contribution in [0.2, 0.25) is 0 Å². The maximum absolute atomic E-state index is 10.1. The van der Waals surface area contributed by atoms with E-state index in [1.807, 2.05) is 0 Å². The van der Waals surface area contributed by atoms with Gasteiger partial charge in [-0.2, -0.15) is 0 Å². The molecule has 6 nitrogen and oxygen atoms in total. The summed E-state index contributed by atoms with van der Waals surface area (Å²) >= 11 is 0. The Morgan fingerprint density at radius 3 is 2.26 bits per heavy atom. The molecule has 0 aliphatic carbocycles. The minimum absolute atomic E-state index is 0.434. The van der Waals surface area contributed by atoms with Gasteiger partial charge >= 0.3 is 0 Å². The molecule has 1 saturated heterocycles. The van der Waals surface area contributed by atoms with Crippen molar-refractivity contribution in [2.24, 2.45) is 0 Å². The van der Waals surface area contributed by atoms with Gasteiger partial charge in [0, 0.05) is 0 Å². The number of aliphatic hydroxyl groups is 4. The third-order valence-corrected chi connectivity index (χ3v) is 3.54. The van der Waals surface area contributed by atoms with Crippen molar-refractivity contribution in [3.63, 3.8) is 0 Å². The lowest BCUT2D eigenvalue weighted by atomic mass is 9.87. The zero-order valence-electron chi connectivity index (χ0n) is 10.6. The standard InChI is InChI=1S/C13H18O6/c1-18-9-4-2-8(3-5-9)13(7-15)12(17)11(16)10(6-14)19-13/h2-5,10-12,14-17H,6-7H2,1H3/t10-,11+,12-,13+/m0/s1. The second-order valence-electron chi connectivity index (χ2n) is 4.55. The Morgan fingerprint density at radius 2 is 1.84 bits per heavy atom. The molecule has 4 atom stereocenters. The Bertz CT molecular complexity index is 420. The zero-order chi connectivity index (χ0) is 14.0. The van der Waals surface area contributed by atoms with Crippen molar-refractivity contribution in [2.45, 2.75) is 23.9 Å². The summed E-state index contributed by atoms with van der Waals surface area (Å²) in [6.07, 6.45) is -3.49. The zero-order valence-corrected chi connectivity index (χ0v) is 10.6. The molecule has 1 aliphatic rings. The third kappa shape index (κ3) is 2.22. The fourth-order valence-electron chi connectivity index (χ4n) is 2.37. The third-order valence-electron chi connectivity index (χ3n) is 3.54. The summed E-state index contributed by atoms with van der Waals surface area (Å²) in [5.41, 5.74) is -0.919. The van der Waals surface area contributed by atoms with Crippen LogP contribution in [0.15, 0.2) is 24.3 Å². The molecule has 2 rings (SSSR count). The average Bonchev–Trinajstić information content (AvgIpc) is 2.72. The van der Waals surface area contributed by atoms with E-state index in [1.54, 1.807) is 24.3 Å². The predicted molar refractivity (Wildman–Crippen MR) is 65.7 cm³/mol. The van der Waals surface area contributed by atoms with Crippen LogP contribution in [0.1, 0.15) is 5.56 Å². The maximum Gasteiger partial charge on any atom is 0.145 e. The highest BCUT2D eigenvalue weighted by Gasteiger charge is 2.54. The van der Waals surface area contributed by atoms with Crippen LogP contribution in [0.25, 0.3) is 0 Å². The summed E-state index contributed by atoms with van der Waals surface area (Å²) in [4.78, 5) is 0. The molecule has 0 spiro atoms. The summed E-state index contributed by atoms with van der Waals surface area (Å²) < 4.78 is 10.5. The maximum atomic E-state index is 10.1. The van der Waals surface area contributed by atoms with Crippen molar-refractivity contribution in [3.8, 4) is 5.75 Å². The average molecular weight is 270 g/mol. The quantitative estimate of drug-likeness (QED) is 0.560. The normalized spacial score (nSPS) is 34.5. The highest BCUT2D eigenvalue weighted by Crippen LogP contribution is 2.40. The highest BCUT2D eigenvalue weighted by molar-refractivity contribution is 5.33. The van der Waals surface area contributed by atoms with Gasteiger partial charge < -0.3 is 29.9 Å². The van der Waals surface area contributed by atoms with E-state index in [4.69, 9.17) is 14.6 Å². The van der Waals surface area contributed by atoms with E-state index in [0.29, 0.717) is 11.3 Å². The predicted octanol–water partition coefficient (Wildman–Crippen LogP) is -1.00. The fourth-order valence-corrected chi connectivity index (χ4v) is 2.37. The molecule has 0 aromatic heterocycles. The molecule has 1 aromatic carbocycles. The van der Waals surface area contributed by atoms with E-state index in [0.717, 1.165) is 0 Å². The number of methoxy groups -OCH3 is 1. The Balaban J connectivity index is 2.36. The largest absolute Gasteiger partial charge is 0.497 e. The minimum Gasteiger partial charge on any atom is -0.497 e. The van der Waals surface area contributed by atoms with Crippen LogP contribution in [0.3, 0.4) is 0 Å². The van der Waals surface area contributed by atoms with Gasteiger partial charge in [0.1, 0.15) is 29.7 Å². The molecule has 19 heavy (non-hydrogen) atoms. The topological polar surface area (TPSA) is 99.4 Å². The monoisotopic (exact) mass is 270 g/mol. The molecular formula is C13H18O6. The van der Waals surface area contributed by atoms with Gasteiger partial charge in [-0.05, 0) is 17.7 Å². The molecule has 0 bridgehead atoms. The van der Waals surface area contributed by atoms with Gasteiger partial charge in [0.25, 0.3) is 0 Å². The number of hydrogen-bond acceptors (Lipinski definition) is 6. The fraction of sp³-hybridized carbons (Fsp3) is 0.538. The first kappa shape index (κ1) is 14.2. The van der Waals surface area contributed by atoms with E-state index in [-0.39, 0.29) is 0 Å². The lowest BCUT2D eigenvalue weighted by Gasteiger charge is -2.30. The molecule has 1 aliphatic heterocycles. The molecule has 0 amide bonds. The van der Waals surface area contributed by atoms with E-state index >= 15 is 0 Å². The van der Waals surface area contributed by atoms with E-state index in [1.165, 1.54) is 7.11 Å². The lowest BCUT2D eigenvalue weighted by Crippen LogP contribution is -2.43. The highest BCUT2D eigenvalue weighted by atomic mass is 16.6. The molecule has 0 radical (unpaired) electrons. The molecule has 1 fully saturated rings. The Kier molecular flexibility index (Phi) is 4.07. The second-order valence-corrected chi connectivity index (χ2v) is 4.55. The van der Waals surface area contributed by atoms with Crippen LogP contribution in [0, 0.1) is 0 Å². The van der Waals surface area contributed by atoms with Gasteiger partial charge in [-0.1, -0.05) is 12.1 Å². The van der Waals surface area contributed by atoms with Crippen molar-refractivity contribution in [3.05, 3.63) is 29.8 Å². The van der Waals surface area contributed by atoms with E-state index in [9.17, 15) is 15.3 Å². The Labute approximate surface area is 110 Å². The number of benzene rings is 1. The van der Waals surface area contributed by atoms with Crippen LogP contribution < -0.4 is 4.74 Å². The summed E-state index contributed by atoms with van der Waals surface area (Å²) in [6.45, 7) is -0.940. The van der Waals surface area contributed by atoms with E-state index < -0.39 is 37.1 Å². The first-order valence-electron chi connectivity index (χ1n) is 5.99. The summed E-state index contributed by atoms with van der Waals surface area (Å²) in [7, 11) is 1.53. The van der Waals surface area contributed by atoms with Gasteiger partial charge in [-0.25, -0.2) is 0 Å². The summed E-state index contributed by atoms with van der Waals surface area (Å²) in [5, 5.41) is 38.6. The smallest absolute Gasteiger partial charge is 0.145 e. The van der Waals surface area contributed by atoms with Gasteiger partial charge in [-0.3, -0.25) is 0 Å². The summed E-state index contributed by atoms with van der Waals surface area (Å²) in [5.74, 6) is 0.628. The molecular weight excluding hydrogens is 252 g/mol. The van der Waals surface area contributed by atoms with Crippen LogP contribution in [0.4, 0.5) is 0 Å². The van der Waals surface area contributed by atoms with Crippen molar-refractivity contribution < 1.29 is 29.9 Å². The number of hydrogen-bond donors (Lipinski definition) is 4. The molecule has 0 unspecified atom stereocenters. The molecule has 4 N–H and O–H groups in total. The van der Waals surface area contributed by atoms with Crippen molar-refractivity contribution >= 4 is 0 Å². The molecule has 1 heterocycles. The number of ether oxygens (including phenoxy) is 2. The van der Waals surface area contributed by atoms with Crippen molar-refractivity contribution in [1.29, 1.82) is 0 Å². The Morgan fingerprint density at radius 1 is 1.21 bits per heavy atom. The lowest BCUT2D eigenvalue weighted by molar-refractivity contribution is -0.124. The second kappa shape index (κ2) is 5.44. The minimum atomic E-state index is -1.43. The number of rotatable bonds is 4. The van der Waals surface area contributed by atoms with Crippen LogP contribution in [-0.2, 0) is 10.3 Å². The van der Waals surface area contributed by atoms with Crippen molar-refractivity contribution in [1.82, 2.24) is 0 Å².